The van der Waals surface area contributed by atoms with Gasteiger partial charge < -0.3 is 9.64 Å². The number of sulfone groups is 1. The van der Waals surface area contributed by atoms with Crippen molar-refractivity contribution < 1.29 is 17.9 Å². The van der Waals surface area contributed by atoms with E-state index in [4.69, 9.17) is 4.74 Å². The third kappa shape index (κ3) is 5.96. The van der Waals surface area contributed by atoms with Crippen LogP contribution in [0.5, 0.6) is 0 Å². The highest BCUT2D eigenvalue weighted by Gasteiger charge is 2.28. The lowest BCUT2D eigenvalue weighted by Crippen LogP contribution is -2.50. The summed E-state index contributed by atoms with van der Waals surface area (Å²) >= 11 is 1.93. The highest BCUT2D eigenvalue weighted by molar-refractivity contribution is 7.99. The lowest BCUT2D eigenvalue weighted by atomic mass is 10.1. The standard InChI is InChI=1S/C21H32N2O4S2/c1-17(2)29(25,26)20-6-4-18(5-7-20)14-21(24)23-8-3-13-28-16-19(23)15-22-9-11-27-12-10-22/h4-7,17,19H,3,8-16H2,1-2H3. The maximum Gasteiger partial charge on any atom is 0.227 e. The molecule has 1 amide bonds. The lowest BCUT2D eigenvalue weighted by molar-refractivity contribution is -0.132. The van der Waals surface area contributed by atoms with Crippen molar-refractivity contribution in [2.24, 2.45) is 0 Å². The topological polar surface area (TPSA) is 66.9 Å². The van der Waals surface area contributed by atoms with Crippen LogP contribution in [0.2, 0.25) is 0 Å². The fourth-order valence-corrected chi connectivity index (χ4v) is 5.85. The van der Waals surface area contributed by atoms with Gasteiger partial charge in [0.2, 0.25) is 5.91 Å². The molecule has 1 atom stereocenters. The first kappa shape index (κ1) is 22.6. The van der Waals surface area contributed by atoms with Crippen molar-refractivity contribution in [3.63, 3.8) is 0 Å². The molecule has 2 heterocycles. The Hall–Kier alpha value is -1.09. The Balaban J connectivity index is 1.66. The quantitative estimate of drug-likeness (QED) is 0.675. The number of thioether (sulfide) groups is 1. The first-order valence-electron chi connectivity index (χ1n) is 10.4. The van der Waals surface area contributed by atoms with E-state index in [9.17, 15) is 13.2 Å². The Morgan fingerprint density at radius 1 is 1.17 bits per heavy atom. The van der Waals surface area contributed by atoms with Gasteiger partial charge in [-0.25, -0.2) is 8.42 Å². The summed E-state index contributed by atoms with van der Waals surface area (Å²) in [5.74, 6) is 2.19. The third-order valence-corrected chi connectivity index (χ3v) is 8.93. The molecular formula is C21H32N2O4S2. The molecule has 2 aliphatic heterocycles. The number of ether oxygens (including phenoxy) is 1. The number of hydrogen-bond acceptors (Lipinski definition) is 6. The van der Waals surface area contributed by atoms with Crippen molar-refractivity contribution in [2.45, 2.75) is 42.9 Å². The summed E-state index contributed by atoms with van der Waals surface area (Å²) in [4.78, 5) is 17.9. The average molecular weight is 441 g/mol. The largest absolute Gasteiger partial charge is 0.379 e. The van der Waals surface area contributed by atoms with Crippen molar-refractivity contribution in [3.8, 4) is 0 Å². The summed E-state index contributed by atoms with van der Waals surface area (Å²) in [7, 11) is -3.29. The Morgan fingerprint density at radius 3 is 2.52 bits per heavy atom. The number of carbonyl (C=O) groups is 1. The van der Waals surface area contributed by atoms with Crippen LogP contribution in [0.3, 0.4) is 0 Å². The van der Waals surface area contributed by atoms with Crippen molar-refractivity contribution in [1.82, 2.24) is 9.80 Å². The molecule has 6 nitrogen and oxygen atoms in total. The third-order valence-electron chi connectivity index (χ3n) is 5.56. The van der Waals surface area contributed by atoms with Crippen LogP contribution in [0.4, 0.5) is 0 Å². The summed E-state index contributed by atoms with van der Waals surface area (Å²) in [5.41, 5.74) is 0.861. The minimum absolute atomic E-state index is 0.130. The first-order chi connectivity index (χ1) is 13.9. The number of carbonyl (C=O) groups excluding carboxylic acids is 1. The smallest absolute Gasteiger partial charge is 0.227 e. The van der Waals surface area contributed by atoms with Crippen molar-refractivity contribution >= 4 is 27.5 Å². The van der Waals surface area contributed by atoms with Crippen LogP contribution in [-0.2, 0) is 25.8 Å². The van der Waals surface area contributed by atoms with E-state index in [1.807, 2.05) is 16.7 Å². The van der Waals surface area contributed by atoms with E-state index in [1.54, 1.807) is 38.1 Å². The van der Waals surface area contributed by atoms with Crippen LogP contribution < -0.4 is 0 Å². The average Bonchev–Trinajstić information content (AvgIpc) is 2.94. The molecule has 29 heavy (non-hydrogen) atoms. The van der Waals surface area contributed by atoms with Gasteiger partial charge in [-0.05, 0) is 43.7 Å². The molecule has 1 unspecified atom stereocenters. The second-order valence-corrected chi connectivity index (χ2v) is 11.7. The Bertz CT molecular complexity index is 774. The summed E-state index contributed by atoms with van der Waals surface area (Å²) in [5, 5.41) is -0.453. The maximum atomic E-state index is 13.1. The number of morpholine rings is 1. The molecule has 162 valence electrons. The number of hydrogen-bond donors (Lipinski definition) is 0. The fraction of sp³-hybridized carbons (Fsp3) is 0.667. The zero-order valence-corrected chi connectivity index (χ0v) is 19.0. The Labute approximate surface area is 178 Å². The van der Waals surface area contributed by atoms with Gasteiger partial charge in [-0.3, -0.25) is 9.69 Å². The van der Waals surface area contributed by atoms with E-state index in [1.165, 1.54) is 0 Å². The van der Waals surface area contributed by atoms with E-state index in [2.05, 4.69) is 4.90 Å². The zero-order chi connectivity index (χ0) is 20.9. The summed E-state index contributed by atoms with van der Waals surface area (Å²) in [6.45, 7) is 8.43. The molecule has 2 saturated heterocycles. The second-order valence-electron chi connectivity index (χ2n) is 8.00. The normalized spacial score (nSPS) is 21.9. The van der Waals surface area contributed by atoms with Gasteiger partial charge >= 0.3 is 0 Å². The molecular weight excluding hydrogens is 408 g/mol. The van der Waals surface area contributed by atoms with Gasteiger partial charge in [0.05, 0.1) is 35.8 Å². The molecule has 0 bridgehead atoms. The number of amides is 1. The zero-order valence-electron chi connectivity index (χ0n) is 17.4. The van der Waals surface area contributed by atoms with E-state index in [0.29, 0.717) is 11.3 Å². The molecule has 1 aromatic carbocycles. The van der Waals surface area contributed by atoms with Crippen LogP contribution >= 0.6 is 11.8 Å². The van der Waals surface area contributed by atoms with Crippen LogP contribution in [0.25, 0.3) is 0 Å². The van der Waals surface area contributed by atoms with Gasteiger partial charge in [-0.15, -0.1) is 0 Å². The summed E-state index contributed by atoms with van der Waals surface area (Å²) in [6.07, 6.45) is 1.33. The van der Waals surface area contributed by atoms with Gasteiger partial charge in [0, 0.05) is 31.9 Å². The SMILES string of the molecule is CC(C)S(=O)(=O)c1ccc(CC(=O)N2CCCSCC2CN2CCOCC2)cc1. The second kappa shape index (κ2) is 10.3. The highest BCUT2D eigenvalue weighted by atomic mass is 32.2. The van der Waals surface area contributed by atoms with Crippen molar-refractivity contribution in [1.29, 1.82) is 0 Å². The molecule has 0 N–H and O–H groups in total. The van der Waals surface area contributed by atoms with Gasteiger partial charge in [0.15, 0.2) is 9.84 Å². The van der Waals surface area contributed by atoms with E-state index in [-0.39, 0.29) is 11.9 Å². The van der Waals surface area contributed by atoms with Gasteiger partial charge in [-0.2, -0.15) is 11.8 Å². The van der Waals surface area contributed by atoms with Crippen LogP contribution in [0, 0.1) is 0 Å². The summed E-state index contributed by atoms with van der Waals surface area (Å²) < 4.78 is 30.0. The van der Waals surface area contributed by atoms with Crippen LogP contribution in [0.1, 0.15) is 25.8 Å². The Morgan fingerprint density at radius 2 is 1.86 bits per heavy atom. The van der Waals surface area contributed by atoms with Crippen molar-refractivity contribution in [3.05, 3.63) is 29.8 Å². The molecule has 0 radical (unpaired) electrons. The Kier molecular flexibility index (Phi) is 8.01. The predicted molar refractivity (Wildman–Crippen MR) is 117 cm³/mol. The molecule has 2 aliphatic rings. The molecule has 2 fully saturated rings. The van der Waals surface area contributed by atoms with Crippen molar-refractivity contribution in [2.75, 3.05) is 50.9 Å². The van der Waals surface area contributed by atoms with Crippen LogP contribution in [-0.4, -0.2) is 86.3 Å². The molecule has 0 spiro atoms. The fourth-order valence-electron chi connectivity index (χ4n) is 3.74. The molecule has 8 heteroatoms. The van der Waals surface area contributed by atoms with E-state index in [0.717, 1.165) is 62.9 Å². The lowest BCUT2D eigenvalue weighted by Gasteiger charge is -2.35. The van der Waals surface area contributed by atoms with E-state index < -0.39 is 15.1 Å². The molecule has 1 aromatic rings. The number of rotatable bonds is 6. The van der Waals surface area contributed by atoms with Gasteiger partial charge in [-0.1, -0.05) is 12.1 Å². The minimum Gasteiger partial charge on any atom is -0.379 e. The van der Waals surface area contributed by atoms with Gasteiger partial charge in [0.1, 0.15) is 0 Å². The monoisotopic (exact) mass is 440 g/mol. The molecule has 0 aliphatic carbocycles. The summed E-state index contributed by atoms with van der Waals surface area (Å²) in [6, 6.07) is 7.02. The highest BCUT2D eigenvalue weighted by Crippen LogP contribution is 2.21. The van der Waals surface area contributed by atoms with Gasteiger partial charge in [0.25, 0.3) is 0 Å². The number of benzene rings is 1. The van der Waals surface area contributed by atoms with Crippen LogP contribution in [0.15, 0.2) is 29.2 Å². The number of nitrogens with zero attached hydrogens (tertiary/aromatic N) is 2. The molecule has 0 saturated carbocycles. The molecule has 3 rings (SSSR count). The minimum atomic E-state index is -3.29. The first-order valence-corrected chi connectivity index (χ1v) is 13.1. The maximum absolute atomic E-state index is 13.1. The van der Waals surface area contributed by atoms with E-state index >= 15 is 0 Å². The predicted octanol–water partition coefficient (Wildman–Crippen LogP) is 2.08. The molecule has 0 aromatic heterocycles.